The number of benzene rings is 3. The molecule has 0 aliphatic rings. The Balaban J connectivity index is 1.65. The lowest BCUT2D eigenvalue weighted by Gasteiger charge is -2.09. The normalized spacial score (nSPS) is 10.8. The van der Waals surface area contributed by atoms with E-state index in [1.165, 1.54) is 24.3 Å². The first-order valence-corrected chi connectivity index (χ1v) is 8.69. The van der Waals surface area contributed by atoms with Crippen molar-refractivity contribution >= 4 is 39.9 Å². The predicted molar refractivity (Wildman–Crippen MR) is 108 cm³/mol. The van der Waals surface area contributed by atoms with Gasteiger partial charge in [-0.25, -0.2) is 4.98 Å². The number of aromatic nitrogens is 2. The molecule has 1 heterocycles. The highest BCUT2D eigenvalue weighted by molar-refractivity contribution is 6.34. The highest BCUT2D eigenvalue weighted by Crippen LogP contribution is 2.29. The number of carbonyl (C=O) groups is 1. The fourth-order valence-electron chi connectivity index (χ4n) is 2.81. The largest absolute Gasteiger partial charge is 0.338 e. The number of carbonyl (C=O) groups excluding carboxylic acids is 1. The Morgan fingerprint density at radius 2 is 1.89 bits per heavy atom. The van der Waals surface area contributed by atoms with E-state index < -0.39 is 10.8 Å². The van der Waals surface area contributed by atoms with Gasteiger partial charge >= 0.3 is 0 Å². The third-order valence-corrected chi connectivity index (χ3v) is 4.53. The molecule has 138 valence electrons. The Bertz CT molecular complexity index is 1190. The number of halogens is 1. The van der Waals surface area contributed by atoms with E-state index in [-0.39, 0.29) is 11.3 Å². The van der Waals surface area contributed by atoms with Crippen molar-refractivity contribution in [3.05, 3.63) is 87.4 Å². The van der Waals surface area contributed by atoms with E-state index in [9.17, 15) is 14.9 Å². The number of hydrogen-bond donors (Lipinski definition) is 2. The number of fused-ring (bicyclic) bond motifs is 1. The van der Waals surface area contributed by atoms with Gasteiger partial charge in [-0.15, -0.1) is 0 Å². The minimum absolute atomic E-state index is 0.158. The van der Waals surface area contributed by atoms with Crippen LogP contribution >= 0.6 is 11.6 Å². The molecule has 0 bridgehead atoms. The molecule has 0 unspecified atom stereocenters. The van der Waals surface area contributed by atoms with E-state index in [4.69, 9.17) is 11.6 Å². The molecule has 0 atom stereocenters. The molecule has 2 N–H and O–H groups in total. The zero-order valence-corrected chi connectivity index (χ0v) is 15.1. The Hall–Kier alpha value is -3.71. The second-order valence-electron chi connectivity index (χ2n) is 6.06. The molecule has 0 spiro atoms. The summed E-state index contributed by atoms with van der Waals surface area (Å²) < 4.78 is 0. The summed E-state index contributed by atoms with van der Waals surface area (Å²) in [6.45, 7) is 0. The molecule has 0 fully saturated rings. The van der Waals surface area contributed by atoms with E-state index in [1.807, 2.05) is 24.3 Å². The molecule has 0 radical (unpaired) electrons. The van der Waals surface area contributed by atoms with Gasteiger partial charge in [0.05, 0.1) is 26.7 Å². The van der Waals surface area contributed by atoms with Gasteiger partial charge in [0.2, 0.25) is 0 Å². The zero-order valence-electron chi connectivity index (χ0n) is 14.3. The molecule has 7 nitrogen and oxygen atoms in total. The van der Waals surface area contributed by atoms with Crippen LogP contribution < -0.4 is 5.32 Å². The fourth-order valence-corrected chi connectivity index (χ4v) is 2.98. The van der Waals surface area contributed by atoms with Crippen LogP contribution in [-0.2, 0) is 0 Å². The minimum Gasteiger partial charge on any atom is -0.338 e. The second kappa shape index (κ2) is 7.13. The van der Waals surface area contributed by atoms with Gasteiger partial charge in [0.15, 0.2) is 0 Å². The van der Waals surface area contributed by atoms with Crippen molar-refractivity contribution in [2.45, 2.75) is 0 Å². The van der Waals surface area contributed by atoms with Crippen molar-refractivity contribution in [2.24, 2.45) is 0 Å². The molecular weight excluding hydrogens is 380 g/mol. The first-order chi connectivity index (χ1) is 13.5. The fraction of sp³-hybridized carbons (Fsp3) is 0. The van der Waals surface area contributed by atoms with E-state index in [1.54, 1.807) is 18.2 Å². The molecule has 1 aromatic heterocycles. The number of non-ortho nitro benzene ring substituents is 1. The predicted octanol–water partition coefficient (Wildman–Crippen LogP) is 5.04. The average Bonchev–Trinajstić information content (AvgIpc) is 3.14. The quantitative estimate of drug-likeness (QED) is 0.375. The maximum atomic E-state index is 12.5. The molecular formula is C20H13ClN4O3. The average molecular weight is 393 g/mol. The van der Waals surface area contributed by atoms with Crippen molar-refractivity contribution in [2.75, 3.05) is 5.32 Å². The number of nitrogens with one attached hydrogen (secondary N) is 2. The molecule has 28 heavy (non-hydrogen) atoms. The summed E-state index contributed by atoms with van der Waals surface area (Å²) in [5.41, 5.74) is 2.87. The van der Waals surface area contributed by atoms with Gasteiger partial charge in [0.25, 0.3) is 11.6 Å². The van der Waals surface area contributed by atoms with Crippen molar-refractivity contribution in [1.29, 1.82) is 0 Å². The second-order valence-corrected chi connectivity index (χ2v) is 6.47. The molecule has 0 saturated heterocycles. The van der Waals surface area contributed by atoms with Gasteiger partial charge in [-0.1, -0.05) is 29.8 Å². The molecule has 4 aromatic rings. The molecule has 0 aliphatic carbocycles. The number of nitro benzene ring substituents is 1. The van der Waals surface area contributed by atoms with E-state index in [2.05, 4.69) is 15.3 Å². The maximum Gasteiger partial charge on any atom is 0.270 e. The Kier molecular flexibility index (Phi) is 4.50. The number of H-pyrrole nitrogens is 1. The van der Waals surface area contributed by atoms with Crippen molar-refractivity contribution in [3.8, 4) is 11.4 Å². The van der Waals surface area contributed by atoms with Crippen LogP contribution in [0.1, 0.15) is 10.4 Å². The lowest BCUT2D eigenvalue weighted by Crippen LogP contribution is -2.12. The molecule has 3 aromatic carbocycles. The van der Waals surface area contributed by atoms with Gasteiger partial charge in [0, 0.05) is 23.3 Å². The number of para-hydroxylation sites is 2. The van der Waals surface area contributed by atoms with Crippen LogP contribution in [0.25, 0.3) is 22.4 Å². The number of aromatic amines is 1. The molecule has 4 rings (SSSR count). The Morgan fingerprint density at radius 1 is 1.07 bits per heavy atom. The highest BCUT2D eigenvalue weighted by Gasteiger charge is 2.14. The summed E-state index contributed by atoms with van der Waals surface area (Å²) in [6, 6.07) is 18.3. The lowest BCUT2D eigenvalue weighted by atomic mass is 10.1. The summed E-state index contributed by atoms with van der Waals surface area (Å²) in [6.07, 6.45) is 0. The number of nitro groups is 1. The van der Waals surface area contributed by atoms with Crippen molar-refractivity contribution in [1.82, 2.24) is 9.97 Å². The van der Waals surface area contributed by atoms with Crippen LogP contribution in [0.4, 0.5) is 11.4 Å². The van der Waals surface area contributed by atoms with E-state index >= 15 is 0 Å². The number of hydrogen-bond acceptors (Lipinski definition) is 4. The van der Waals surface area contributed by atoms with Gasteiger partial charge in [-0.05, 0) is 36.4 Å². The minimum atomic E-state index is -0.550. The van der Waals surface area contributed by atoms with Gasteiger partial charge < -0.3 is 10.3 Å². The topological polar surface area (TPSA) is 101 Å². The molecule has 8 heteroatoms. The lowest BCUT2D eigenvalue weighted by molar-refractivity contribution is -0.384. The Labute approximate surface area is 164 Å². The number of imidazole rings is 1. The van der Waals surface area contributed by atoms with E-state index in [0.29, 0.717) is 16.5 Å². The summed E-state index contributed by atoms with van der Waals surface area (Å²) in [5.74, 6) is 0.149. The van der Waals surface area contributed by atoms with E-state index in [0.717, 1.165) is 16.6 Å². The summed E-state index contributed by atoms with van der Waals surface area (Å²) >= 11 is 6.22. The third-order valence-electron chi connectivity index (χ3n) is 4.20. The zero-order chi connectivity index (χ0) is 19.7. The van der Waals surface area contributed by atoms with Gasteiger partial charge in [-0.3, -0.25) is 14.9 Å². The third kappa shape index (κ3) is 3.43. The smallest absolute Gasteiger partial charge is 0.270 e. The monoisotopic (exact) mass is 392 g/mol. The van der Waals surface area contributed by atoms with Crippen LogP contribution in [0.15, 0.2) is 66.7 Å². The van der Waals surface area contributed by atoms with Gasteiger partial charge in [0.1, 0.15) is 5.82 Å². The molecule has 1 amide bonds. The van der Waals surface area contributed by atoms with Crippen LogP contribution in [0.2, 0.25) is 5.02 Å². The van der Waals surface area contributed by atoms with Crippen molar-refractivity contribution < 1.29 is 9.72 Å². The first kappa shape index (κ1) is 17.7. The van der Waals surface area contributed by atoms with Crippen molar-refractivity contribution in [3.63, 3.8) is 0 Å². The summed E-state index contributed by atoms with van der Waals surface area (Å²) in [5, 5.41) is 14.0. The number of nitrogens with zero attached hydrogens (tertiary/aromatic N) is 2. The molecule has 0 aliphatic heterocycles. The number of anilines is 1. The first-order valence-electron chi connectivity index (χ1n) is 8.32. The van der Waals surface area contributed by atoms with Gasteiger partial charge in [-0.2, -0.15) is 0 Å². The maximum absolute atomic E-state index is 12.5. The highest BCUT2D eigenvalue weighted by atomic mass is 35.5. The summed E-state index contributed by atoms with van der Waals surface area (Å²) in [7, 11) is 0. The molecule has 0 saturated carbocycles. The Morgan fingerprint density at radius 3 is 2.68 bits per heavy atom. The van der Waals surface area contributed by atoms with Crippen LogP contribution in [0.3, 0.4) is 0 Å². The number of rotatable bonds is 4. The standard InChI is InChI=1S/C20H13ClN4O3/c21-15-9-8-12(19-22-16-6-1-2-7-17(16)23-19)11-18(15)24-20(26)13-4-3-5-14(10-13)25(27)28/h1-11H,(H,22,23)(H,24,26). The summed E-state index contributed by atoms with van der Waals surface area (Å²) in [4.78, 5) is 30.6. The van der Waals surface area contributed by atoms with Crippen LogP contribution in [-0.4, -0.2) is 20.8 Å². The number of amides is 1. The van der Waals surface area contributed by atoms with Crippen LogP contribution in [0, 0.1) is 10.1 Å². The SMILES string of the molecule is O=C(Nc1cc(-c2nc3ccccc3[nH]2)ccc1Cl)c1cccc([N+](=O)[O-])c1. The van der Waals surface area contributed by atoms with Crippen LogP contribution in [0.5, 0.6) is 0 Å².